The van der Waals surface area contributed by atoms with Gasteiger partial charge in [0.05, 0.1) is 26.2 Å². The summed E-state index contributed by atoms with van der Waals surface area (Å²) in [5.74, 6) is -0.832. The third-order valence-electron chi connectivity index (χ3n) is 1.70. The van der Waals surface area contributed by atoms with Gasteiger partial charge in [0.2, 0.25) is 0 Å². The summed E-state index contributed by atoms with van der Waals surface area (Å²) in [5.41, 5.74) is 0. The maximum atomic E-state index is 9.98. The average molecular weight is 240 g/mol. The topological polar surface area (TPSA) is 55.8 Å². The molecule has 0 fully saturated rings. The van der Waals surface area contributed by atoms with Crippen molar-refractivity contribution in [3.8, 4) is 0 Å². The molecule has 0 saturated carbocycles. The first-order valence-electron chi connectivity index (χ1n) is 5.64. The number of ether oxygens (including phenoxy) is 2. The van der Waals surface area contributed by atoms with E-state index in [-0.39, 0.29) is 13.0 Å². The van der Waals surface area contributed by atoms with E-state index in [2.05, 4.69) is 0 Å². The minimum absolute atomic E-state index is 0.0616. The molecule has 1 aromatic carbocycles. The summed E-state index contributed by atoms with van der Waals surface area (Å²) in [6.45, 7) is 3.85. The quantitative estimate of drug-likeness (QED) is 0.742. The molecule has 0 aromatic heterocycles. The van der Waals surface area contributed by atoms with Crippen molar-refractivity contribution in [3.05, 3.63) is 36.4 Å². The fourth-order valence-electron chi connectivity index (χ4n) is 0.909. The molecule has 0 heterocycles. The molecule has 4 heteroatoms. The van der Waals surface area contributed by atoms with Crippen LogP contribution in [0.15, 0.2) is 36.4 Å². The molecule has 0 aliphatic rings. The summed E-state index contributed by atoms with van der Waals surface area (Å²) < 4.78 is 9.91. The highest BCUT2D eigenvalue weighted by atomic mass is 16.5. The van der Waals surface area contributed by atoms with Gasteiger partial charge in [-0.25, -0.2) is 0 Å². The molecular weight excluding hydrogens is 220 g/mol. The summed E-state index contributed by atoms with van der Waals surface area (Å²) >= 11 is 0. The molecule has 4 nitrogen and oxygen atoms in total. The molecule has 0 bridgehead atoms. The lowest BCUT2D eigenvalue weighted by atomic mass is 10.4. The van der Waals surface area contributed by atoms with Crippen LogP contribution >= 0.6 is 0 Å². The molecule has 0 spiro atoms. The Morgan fingerprint density at radius 3 is 1.82 bits per heavy atom. The summed E-state index contributed by atoms with van der Waals surface area (Å²) in [6, 6.07) is 12.0. The Bertz CT molecular complexity index is 235. The Hall–Kier alpha value is -1.39. The van der Waals surface area contributed by atoms with Gasteiger partial charge < -0.3 is 14.6 Å². The van der Waals surface area contributed by atoms with E-state index in [9.17, 15) is 4.79 Å². The smallest absolute Gasteiger partial charge is 0.305 e. The summed E-state index contributed by atoms with van der Waals surface area (Å²) in [4.78, 5) is 9.98. The highest BCUT2D eigenvalue weighted by molar-refractivity contribution is 5.66. The highest BCUT2D eigenvalue weighted by Gasteiger charge is 1.95. The van der Waals surface area contributed by atoms with Crippen LogP contribution in [0.4, 0.5) is 0 Å². The van der Waals surface area contributed by atoms with Gasteiger partial charge in [-0.2, -0.15) is 0 Å². The second-order valence-electron chi connectivity index (χ2n) is 3.11. The lowest BCUT2D eigenvalue weighted by Gasteiger charge is -2.01. The van der Waals surface area contributed by atoms with E-state index in [1.165, 1.54) is 0 Å². The second-order valence-corrected chi connectivity index (χ2v) is 3.11. The van der Waals surface area contributed by atoms with Crippen LogP contribution in [0.2, 0.25) is 0 Å². The van der Waals surface area contributed by atoms with E-state index in [0.717, 1.165) is 0 Å². The third kappa shape index (κ3) is 14.6. The second kappa shape index (κ2) is 12.7. The van der Waals surface area contributed by atoms with E-state index < -0.39 is 5.97 Å². The van der Waals surface area contributed by atoms with E-state index in [4.69, 9.17) is 14.6 Å². The molecule has 1 aromatic rings. The Balaban J connectivity index is 0.000000354. The molecule has 0 atom stereocenters. The molecule has 1 N–H and O–H groups in total. The first-order chi connectivity index (χ1) is 8.27. The predicted octanol–water partition coefficient (Wildman–Crippen LogP) is 2.20. The first-order valence-corrected chi connectivity index (χ1v) is 5.64. The molecule has 0 aliphatic carbocycles. The number of aliphatic carboxylic acids is 1. The van der Waals surface area contributed by atoms with Gasteiger partial charge in [0, 0.05) is 6.61 Å². The van der Waals surface area contributed by atoms with Crippen LogP contribution in [-0.2, 0) is 14.3 Å². The van der Waals surface area contributed by atoms with Crippen molar-refractivity contribution in [2.75, 3.05) is 26.4 Å². The zero-order valence-corrected chi connectivity index (χ0v) is 10.2. The number of hydrogen-bond donors (Lipinski definition) is 1. The van der Waals surface area contributed by atoms with Crippen molar-refractivity contribution in [1.82, 2.24) is 0 Å². The molecule has 1 rings (SSSR count). The predicted molar refractivity (Wildman–Crippen MR) is 66.0 cm³/mol. The third-order valence-corrected chi connectivity index (χ3v) is 1.70. The van der Waals surface area contributed by atoms with Gasteiger partial charge in [-0.1, -0.05) is 36.4 Å². The van der Waals surface area contributed by atoms with Crippen molar-refractivity contribution in [2.24, 2.45) is 0 Å². The van der Waals surface area contributed by atoms with Gasteiger partial charge in [0.1, 0.15) is 0 Å². The Labute approximate surface area is 102 Å². The van der Waals surface area contributed by atoms with E-state index in [1.807, 2.05) is 43.3 Å². The van der Waals surface area contributed by atoms with Crippen LogP contribution in [0.5, 0.6) is 0 Å². The van der Waals surface area contributed by atoms with E-state index in [1.54, 1.807) is 0 Å². The Morgan fingerprint density at radius 2 is 1.41 bits per heavy atom. The number of rotatable bonds is 7. The number of hydrogen-bond acceptors (Lipinski definition) is 3. The van der Waals surface area contributed by atoms with Gasteiger partial charge in [-0.15, -0.1) is 0 Å². The van der Waals surface area contributed by atoms with Crippen molar-refractivity contribution in [1.29, 1.82) is 0 Å². The molecule has 96 valence electrons. The Morgan fingerprint density at radius 1 is 0.941 bits per heavy atom. The molecule has 0 unspecified atom stereocenters. The lowest BCUT2D eigenvalue weighted by Crippen LogP contribution is -2.07. The first kappa shape index (κ1) is 15.6. The zero-order chi connectivity index (χ0) is 12.8. The maximum absolute atomic E-state index is 9.98. The number of carboxylic acids is 1. The standard InChI is InChI=1S/C7H14O4.C6H6/c1-2-10-5-6-11-4-3-7(8)9;1-2-4-6-5-3-1/h2-6H2,1H3,(H,8,9);1-6H. The van der Waals surface area contributed by atoms with Gasteiger partial charge >= 0.3 is 5.97 Å². The van der Waals surface area contributed by atoms with Crippen LogP contribution in [0.1, 0.15) is 13.3 Å². The van der Waals surface area contributed by atoms with Gasteiger partial charge in [-0.05, 0) is 6.92 Å². The van der Waals surface area contributed by atoms with E-state index in [0.29, 0.717) is 19.8 Å². The maximum Gasteiger partial charge on any atom is 0.305 e. The zero-order valence-electron chi connectivity index (χ0n) is 10.2. The summed E-state index contributed by atoms with van der Waals surface area (Å²) in [6.07, 6.45) is 0.0616. The van der Waals surface area contributed by atoms with Crippen molar-refractivity contribution >= 4 is 5.97 Å². The number of carboxylic acid groups (broad SMARTS) is 1. The fraction of sp³-hybridized carbons (Fsp3) is 0.462. The van der Waals surface area contributed by atoms with Gasteiger partial charge in [-0.3, -0.25) is 4.79 Å². The molecule has 0 radical (unpaired) electrons. The summed E-state index contributed by atoms with van der Waals surface area (Å²) in [5, 5.41) is 8.20. The lowest BCUT2D eigenvalue weighted by molar-refractivity contribution is -0.138. The average Bonchev–Trinajstić information content (AvgIpc) is 2.36. The van der Waals surface area contributed by atoms with Gasteiger partial charge in [0.25, 0.3) is 0 Å². The minimum atomic E-state index is -0.832. The molecule has 17 heavy (non-hydrogen) atoms. The van der Waals surface area contributed by atoms with Crippen molar-refractivity contribution in [2.45, 2.75) is 13.3 Å². The van der Waals surface area contributed by atoms with Crippen LogP contribution in [0.25, 0.3) is 0 Å². The molecular formula is C13H20O4. The normalized spacial score (nSPS) is 9.24. The molecule has 0 aliphatic heterocycles. The Kier molecular flexibility index (Phi) is 11.6. The van der Waals surface area contributed by atoms with Gasteiger partial charge in [0.15, 0.2) is 0 Å². The fourth-order valence-corrected chi connectivity index (χ4v) is 0.909. The molecule has 0 amide bonds. The van der Waals surface area contributed by atoms with Crippen LogP contribution in [-0.4, -0.2) is 37.5 Å². The highest BCUT2D eigenvalue weighted by Crippen LogP contribution is 1.83. The number of benzene rings is 1. The van der Waals surface area contributed by atoms with Crippen LogP contribution in [0, 0.1) is 0 Å². The largest absolute Gasteiger partial charge is 0.481 e. The van der Waals surface area contributed by atoms with Crippen molar-refractivity contribution < 1.29 is 19.4 Å². The van der Waals surface area contributed by atoms with Crippen LogP contribution in [0.3, 0.4) is 0 Å². The van der Waals surface area contributed by atoms with E-state index >= 15 is 0 Å². The monoisotopic (exact) mass is 240 g/mol. The molecule has 0 saturated heterocycles. The number of carbonyl (C=O) groups is 1. The van der Waals surface area contributed by atoms with Crippen LogP contribution < -0.4 is 0 Å². The summed E-state index contributed by atoms with van der Waals surface area (Å²) in [7, 11) is 0. The SMILES string of the molecule is CCOCCOCCC(=O)O.c1ccccc1. The minimum Gasteiger partial charge on any atom is -0.481 e. The van der Waals surface area contributed by atoms with Crippen molar-refractivity contribution in [3.63, 3.8) is 0 Å².